The van der Waals surface area contributed by atoms with E-state index >= 15 is 0 Å². The molecule has 0 radical (unpaired) electrons. The van der Waals surface area contributed by atoms with Crippen LogP contribution in [0.1, 0.15) is 40.5 Å². The van der Waals surface area contributed by atoms with Crippen molar-refractivity contribution in [3.63, 3.8) is 0 Å². The van der Waals surface area contributed by atoms with E-state index in [1.165, 1.54) is 0 Å². The molecular formula is C14H30N2O2. The second-order valence-electron chi connectivity index (χ2n) is 5.08. The molecule has 0 saturated carbocycles. The number of carbonyl (C=O) groups is 1. The minimum absolute atomic E-state index is 0.202. The van der Waals surface area contributed by atoms with Gasteiger partial charge in [0.1, 0.15) is 0 Å². The van der Waals surface area contributed by atoms with Crippen molar-refractivity contribution in [3.8, 4) is 0 Å². The minimum atomic E-state index is 0.202. The first-order chi connectivity index (χ1) is 8.56. The van der Waals surface area contributed by atoms with Crippen LogP contribution in [0.25, 0.3) is 0 Å². The van der Waals surface area contributed by atoms with Gasteiger partial charge < -0.3 is 15.0 Å². The average Bonchev–Trinajstić information content (AvgIpc) is 2.34. The van der Waals surface area contributed by atoms with E-state index in [1.54, 1.807) is 7.11 Å². The highest BCUT2D eigenvalue weighted by atomic mass is 16.5. The smallest absolute Gasteiger partial charge is 0.236 e. The Morgan fingerprint density at radius 1 is 1.28 bits per heavy atom. The topological polar surface area (TPSA) is 41.6 Å². The van der Waals surface area contributed by atoms with Crippen molar-refractivity contribution in [2.24, 2.45) is 5.92 Å². The molecule has 0 atom stereocenters. The summed E-state index contributed by atoms with van der Waals surface area (Å²) in [6.07, 6.45) is 2.04. The van der Waals surface area contributed by atoms with Gasteiger partial charge in [0.05, 0.1) is 13.2 Å². The van der Waals surface area contributed by atoms with Gasteiger partial charge in [0.2, 0.25) is 5.91 Å². The Labute approximate surface area is 112 Å². The third-order valence-corrected chi connectivity index (χ3v) is 3.02. The SMILES string of the molecule is CCC(CC)N(CC(C)C)C(=O)CNCCOC. The number of amides is 1. The van der Waals surface area contributed by atoms with E-state index in [9.17, 15) is 4.79 Å². The summed E-state index contributed by atoms with van der Waals surface area (Å²) in [6, 6.07) is 0.365. The zero-order chi connectivity index (χ0) is 14.0. The van der Waals surface area contributed by atoms with E-state index in [-0.39, 0.29) is 5.91 Å². The van der Waals surface area contributed by atoms with Crippen LogP contribution in [0.5, 0.6) is 0 Å². The lowest BCUT2D eigenvalue weighted by atomic mass is 10.1. The molecule has 108 valence electrons. The van der Waals surface area contributed by atoms with Crippen molar-refractivity contribution < 1.29 is 9.53 Å². The zero-order valence-corrected chi connectivity index (χ0v) is 12.7. The van der Waals surface area contributed by atoms with Gasteiger partial charge in [0.15, 0.2) is 0 Å². The Morgan fingerprint density at radius 3 is 2.33 bits per heavy atom. The first-order valence-corrected chi connectivity index (χ1v) is 7.05. The van der Waals surface area contributed by atoms with Gasteiger partial charge in [-0.1, -0.05) is 27.7 Å². The zero-order valence-electron chi connectivity index (χ0n) is 12.7. The van der Waals surface area contributed by atoms with E-state index in [1.807, 2.05) is 4.90 Å². The van der Waals surface area contributed by atoms with Crippen LogP contribution in [0.2, 0.25) is 0 Å². The highest BCUT2D eigenvalue weighted by Gasteiger charge is 2.21. The number of methoxy groups -OCH3 is 1. The maximum atomic E-state index is 12.2. The predicted molar refractivity (Wildman–Crippen MR) is 75.7 cm³/mol. The molecule has 4 nitrogen and oxygen atoms in total. The molecule has 0 aliphatic carbocycles. The van der Waals surface area contributed by atoms with Gasteiger partial charge in [-0.05, 0) is 18.8 Å². The van der Waals surface area contributed by atoms with Gasteiger partial charge in [-0.15, -0.1) is 0 Å². The molecular weight excluding hydrogens is 228 g/mol. The highest BCUT2D eigenvalue weighted by Crippen LogP contribution is 2.11. The van der Waals surface area contributed by atoms with E-state index in [4.69, 9.17) is 4.74 Å². The molecule has 0 aromatic heterocycles. The molecule has 18 heavy (non-hydrogen) atoms. The van der Waals surface area contributed by atoms with Crippen molar-refractivity contribution in [1.29, 1.82) is 0 Å². The van der Waals surface area contributed by atoms with Gasteiger partial charge in [-0.25, -0.2) is 0 Å². The molecule has 0 unspecified atom stereocenters. The second kappa shape index (κ2) is 10.3. The van der Waals surface area contributed by atoms with Crippen molar-refractivity contribution >= 4 is 5.91 Å². The second-order valence-corrected chi connectivity index (χ2v) is 5.08. The summed E-state index contributed by atoms with van der Waals surface area (Å²) < 4.78 is 4.95. The lowest BCUT2D eigenvalue weighted by molar-refractivity contribution is -0.133. The largest absolute Gasteiger partial charge is 0.383 e. The summed E-state index contributed by atoms with van der Waals surface area (Å²) in [5.74, 6) is 0.710. The molecule has 0 fully saturated rings. The standard InChI is InChI=1S/C14H30N2O2/c1-6-13(7-2)16(11-12(3)4)14(17)10-15-8-9-18-5/h12-13,15H,6-11H2,1-5H3. The normalized spacial score (nSPS) is 11.3. The fourth-order valence-corrected chi connectivity index (χ4v) is 2.05. The van der Waals surface area contributed by atoms with E-state index in [2.05, 4.69) is 33.0 Å². The first-order valence-electron chi connectivity index (χ1n) is 7.05. The molecule has 0 aromatic carbocycles. The Morgan fingerprint density at radius 2 is 1.89 bits per heavy atom. The lowest BCUT2D eigenvalue weighted by Gasteiger charge is -2.32. The van der Waals surface area contributed by atoms with Crippen LogP contribution in [0.15, 0.2) is 0 Å². The number of rotatable bonds is 10. The molecule has 0 saturated heterocycles. The summed E-state index contributed by atoms with van der Waals surface area (Å²) in [5, 5.41) is 3.13. The number of nitrogens with zero attached hydrogens (tertiary/aromatic N) is 1. The van der Waals surface area contributed by atoms with Crippen LogP contribution in [-0.2, 0) is 9.53 Å². The third-order valence-electron chi connectivity index (χ3n) is 3.02. The van der Waals surface area contributed by atoms with Crippen molar-refractivity contribution in [2.75, 3.05) is 33.4 Å². The Kier molecular flexibility index (Phi) is 9.98. The van der Waals surface area contributed by atoms with Crippen LogP contribution >= 0.6 is 0 Å². The summed E-state index contributed by atoms with van der Waals surface area (Å²) in [7, 11) is 1.67. The first kappa shape index (κ1) is 17.4. The summed E-state index contributed by atoms with van der Waals surface area (Å²) >= 11 is 0. The Balaban J connectivity index is 4.30. The number of hydrogen-bond acceptors (Lipinski definition) is 3. The molecule has 1 N–H and O–H groups in total. The molecule has 0 spiro atoms. The summed E-state index contributed by atoms with van der Waals surface area (Å²) in [5.41, 5.74) is 0. The Hall–Kier alpha value is -0.610. The maximum Gasteiger partial charge on any atom is 0.236 e. The molecule has 0 aromatic rings. The molecule has 0 rings (SSSR count). The quantitative estimate of drug-likeness (QED) is 0.609. The monoisotopic (exact) mass is 258 g/mol. The van der Waals surface area contributed by atoms with E-state index in [0.717, 1.165) is 25.9 Å². The van der Waals surface area contributed by atoms with Gasteiger partial charge in [-0.2, -0.15) is 0 Å². The van der Waals surface area contributed by atoms with E-state index in [0.29, 0.717) is 25.1 Å². The number of nitrogens with one attached hydrogen (secondary N) is 1. The van der Waals surface area contributed by atoms with Crippen LogP contribution < -0.4 is 5.32 Å². The molecule has 4 heteroatoms. The van der Waals surface area contributed by atoms with Gasteiger partial charge >= 0.3 is 0 Å². The summed E-state index contributed by atoms with van der Waals surface area (Å²) in [6.45, 7) is 11.2. The average molecular weight is 258 g/mol. The van der Waals surface area contributed by atoms with Gasteiger partial charge in [0.25, 0.3) is 0 Å². The molecule has 0 heterocycles. The third kappa shape index (κ3) is 6.97. The lowest BCUT2D eigenvalue weighted by Crippen LogP contribution is -2.46. The minimum Gasteiger partial charge on any atom is -0.383 e. The highest BCUT2D eigenvalue weighted by molar-refractivity contribution is 5.78. The maximum absolute atomic E-state index is 12.2. The Bertz CT molecular complexity index is 216. The fraction of sp³-hybridized carbons (Fsp3) is 0.929. The molecule has 0 bridgehead atoms. The molecule has 0 aliphatic rings. The van der Waals surface area contributed by atoms with E-state index < -0.39 is 0 Å². The van der Waals surface area contributed by atoms with Gasteiger partial charge in [-0.3, -0.25) is 4.79 Å². The van der Waals surface area contributed by atoms with Crippen LogP contribution in [0.3, 0.4) is 0 Å². The van der Waals surface area contributed by atoms with Crippen molar-refractivity contribution in [3.05, 3.63) is 0 Å². The summed E-state index contributed by atoms with van der Waals surface area (Å²) in [4.78, 5) is 14.3. The van der Waals surface area contributed by atoms with Crippen LogP contribution in [0, 0.1) is 5.92 Å². The molecule has 0 aliphatic heterocycles. The van der Waals surface area contributed by atoms with Crippen LogP contribution in [0.4, 0.5) is 0 Å². The van der Waals surface area contributed by atoms with Crippen molar-refractivity contribution in [2.45, 2.75) is 46.6 Å². The van der Waals surface area contributed by atoms with Crippen LogP contribution in [-0.4, -0.2) is 50.2 Å². The van der Waals surface area contributed by atoms with Gasteiger partial charge in [0, 0.05) is 26.2 Å². The fourth-order valence-electron chi connectivity index (χ4n) is 2.05. The van der Waals surface area contributed by atoms with Crippen molar-refractivity contribution in [1.82, 2.24) is 10.2 Å². The number of hydrogen-bond donors (Lipinski definition) is 1. The predicted octanol–water partition coefficient (Wildman–Crippen LogP) is 1.90. The molecule has 1 amide bonds. The number of ether oxygens (including phenoxy) is 1. The number of carbonyl (C=O) groups excluding carboxylic acids is 1.